The summed E-state index contributed by atoms with van der Waals surface area (Å²) in [5.74, 6) is 0.198. The molecule has 106 valence electrons. The van der Waals surface area contributed by atoms with Crippen molar-refractivity contribution in [3.8, 4) is 0 Å². The van der Waals surface area contributed by atoms with E-state index in [1.165, 1.54) is 6.07 Å². The average molecular weight is 292 g/mol. The lowest BCUT2D eigenvalue weighted by atomic mass is 10.1. The minimum absolute atomic E-state index is 0.00146. The molecule has 0 saturated carbocycles. The summed E-state index contributed by atoms with van der Waals surface area (Å²) in [5.41, 5.74) is -0.463. The molecule has 1 aromatic rings. The first-order valence-corrected chi connectivity index (χ1v) is 6.95. The van der Waals surface area contributed by atoms with E-state index in [1.807, 2.05) is 6.26 Å². The molecule has 0 aliphatic heterocycles. The number of halogens is 3. The fourth-order valence-corrected chi connectivity index (χ4v) is 1.79. The number of carbonyl (C=O) groups is 1. The van der Waals surface area contributed by atoms with Crippen LogP contribution < -0.4 is 10.6 Å². The summed E-state index contributed by atoms with van der Waals surface area (Å²) in [5, 5.41) is 5.30. The average Bonchev–Trinajstić information content (AvgIpc) is 2.37. The minimum Gasteiger partial charge on any atom is -0.387 e. The number of thioether (sulfide) groups is 1. The molecule has 3 nitrogen and oxygen atoms in total. The fourth-order valence-electron chi connectivity index (χ4n) is 1.49. The molecule has 2 N–H and O–H groups in total. The van der Waals surface area contributed by atoms with Gasteiger partial charge in [0.2, 0.25) is 0 Å². The first kappa shape index (κ1) is 15.7. The highest BCUT2D eigenvalue weighted by atomic mass is 32.2. The lowest BCUT2D eigenvalue weighted by Gasteiger charge is -2.13. The van der Waals surface area contributed by atoms with Crippen LogP contribution >= 0.6 is 11.8 Å². The zero-order valence-electron chi connectivity index (χ0n) is 10.6. The van der Waals surface area contributed by atoms with Crippen LogP contribution in [-0.2, 0) is 6.18 Å². The van der Waals surface area contributed by atoms with Crippen molar-refractivity contribution in [1.82, 2.24) is 5.32 Å². The fraction of sp³-hybridized carbons (Fsp3) is 0.417. The number of hydrogen-bond donors (Lipinski definition) is 2. The topological polar surface area (TPSA) is 41.1 Å². The molecule has 0 fully saturated rings. The van der Waals surface area contributed by atoms with Gasteiger partial charge < -0.3 is 10.6 Å². The molecular weight excluding hydrogens is 277 g/mol. The Labute approximate surface area is 114 Å². The molecule has 1 rings (SSSR count). The number of amides is 1. The van der Waals surface area contributed by atoms with Crippen molar-refractivity contribution in [2.45, 2.75) is 6.18 Å². The van der Waals surface area contributed by atoms with E-state index in [4.69, 9.17) is 0 Å². The van der Waals surface area contributed by atoms with Gasteiger partial charge in [-0.05, 0) is 24.5 Å². The van der Waals surface area contributed by atoms with E-state index < -0.39 is 17.6 Å². The predicted octanol–water partition coefficient (Wildman–Crippen LogP) is 2.84. The van der Waals surface area contributed by atoms with Crippen LogP contribution in [0.3, 0.4) is 0 Å². The van der Waals surface area contributed by atoms with Gasteiger partial charge >= 0.3 is 6.18 Å². The molecule has 7 heteroatoms. The first-order valence-electron chi connectivity index (χ1n) is 5.56. The molecule has 0 unspecified atom stereocenters. The van der Waals surface area contributed by atoms with E-state index in [0.717, 1.165) is 12.1 Å². The minimum atomic E-state index is -4.46. The van der Waals surface area contributed by atoms with E-state index in [0.29, 0.717) is 18.0 Å². The van der Waals surface area contributed by atoms with Gasteiger partial charge in [0, 0.05) is 25.0 Å². The van der Waals surface area contributed by atoms with Gasteiger partial charge in [-0.25, -0.2) is 0 Å². The predicted molar refractivity (Wildman–Crippen MR) is 71.7 cm³/mol. The van der Waals surface area contributed by atoms with Crippen LogP contribution in [-0.4, -0.2) is 31.5 Å². The number of nitrogens with one attached hydrogen (secondary N) is 2. The van der Waals surface area contributed by atoms with E-state index in [1.54, 1.807) is 18.8 Å². The van der Waals surface area contributed by atoms with Crippen LogP contribution in [0.1, 0.15) is 15.9 Å². The molecule has 0 aliphatic carbocycles. The summed E-state index contributed by atoms with van der Waals surface area (Å²) in [6.07, 6.45) is -2.57. The van der Waals surface area contributed by atoms with Crippen LogP contribution in [0.4, 0.5) is 18.9 Å². The molecule has 0 saturated heterocycles. The summed E-state index contributed by atoms with van der Waals surface area (Å²) < 4.78 is 37.9. The maximum absolute atomic E-state index is 12.6. The molecule has 0 atom stereocenters. The van der Waals surface area contributed by atoms with Crippen molar-refractivity contribution in [3.63, 3.8) is 0 Å². The standard InChI is InChI=1S/C12H15F3N2OS/c1-16-10-4-3-8(12(13,14)15)7-9(10)11(18)17-5-6-19-2/h3-4,7,16H,5-6H2,1-2H3,(H,17,18). The maximum atomic E-state index is 12.6. The SMILES string of the molecule is CNc1ccc(C(F)(F)F)cc1C(=O)NCCSC. The number of rotatable bonds is 5. The van der Waals surface area contributed by atoms with E-state index >= 15 is 0 Å². The van der Waals surface area contributed by atoms with Gasteiger partial charge in [0.15, 0.2) is 0 Å². The van der Waals surface area contributed by atoms with Gasteiger partial charge in [0.1, 0.15) is 0 Å². The van der Waals surface area contributed by atoms with Crippen LogP contribution in [0.25, 0.3) is 0 Å². The summed E-state index contributed by atoms with van der Waals surface area (Å²) in [7, 11) is 1.56. The third-order valence-electron chi connectivity index (χ3n) is 2.45. The second kappa shape index (κ2) is 6.70. The van der Waals surface area contributed by atoms with Crippen molar-refractivity contribution in [2.75, 3.05) is 30.9 Å². The number of anilines is 1. The number of hydrogen-bond acceptors (Lipinski definition) is 3. The van der Waals surface area contributed by atoms with Gasteiger partial charge in [-0.3, -0.25) is 4.79 Å². The molecule has 19 heavy (non-hydrogen) atoms. The lowest BCUT2D eigenvalue weighted by Crippen LogP contribution is -2.26. The summed E-state index contributed by atoms with van der Waals surface area (Å²) in [4.78, 5) is 11.9. The van der Waals surface area contributed by atoms with E-state index in [2.05, 4.69) is 10.6 Å². The first-order chi connectivity index (χ1) is 8.90. The molecule has 0 aromatic heterocycles. The highest BCUT2D eigenvalue weighted by molar-refractivity contribution is 7.98. The van der Waals surface area contributed by atoms with Crippen molar-refractivity contribution in [2.24, 2.45) is 0 Å². The Morgan fingerprint density at radius 2 is 2.05 bits per heavy atom. The molecule has 0 bridgehead atoms. The summed E-state index contributed by atoms with van der Waals surface area (Å²) >= 11 is 1.55. The largest absolute Gasteiger partial charge is 0.416 e. The summed E-state index contributed by atoms with van der Waals surface area (Å²) in [6.45, 7) is 0.416. The van der Waals surface area contributed by atoms with Gasteiger partial charge in [-0.1, -0.05) is 0 Å². The quantitative estimate of drug-likeness (QED) is 0.820. The van der Waals surface area contributed by atoms with Gasteiger partial charge in [0.05, 0.1) is 11.1 Å². The van der Waals surface area contributed by atoms with Crippen molar-refractivity contribution < 1.29 is 18.0 Å². The van der Waals surface area contributed by atoms with Crippen molar-refractivity contribution in [1.29, 1.82) is 0 Å². The second-order valence-electron chi connectivity index (χ2n) is 3.76. The van der Waals surface area contributed by atoms with Crippen LogP contribution in [0, 0.1) is 0 Å². The van der Waals surface area contributed by atoms with Gasteiger partial charge in [-0.2, -0.15) is 24.9 Å². The molecule has 0 aliphatic rings. The highest BCUT2D eigenvalue weighted by Crippen LogP contribution is 2.31. The third kappa shape index (κ3) is 4.34. The van der Waals surface area contributed by atoms with Gasteiger partial charge in [0.25, 0.3) is 5.91 Å². The molecule has 0 spiro atoms. The van der Waals surface area contributed by atoms with Crippen LogP contribution in [0.15, 0.2) is 18.2 Å². The number of alkyl halides is 3. The third-order valence-corrected chi connectivity index (χ3v) is 3.06. The van der Waals surface area contributed by atoms with Crippen molar-refractivity contribution >= 4 is 23.4 Å². The maximum Gasteiger partial charge on any atom is 0.416 e. The Balaban J connectivity index is 2.99. The van der Waals surface area contributed by atoms with E-state index in [-0.39, 0.29) is 5.56 Å². The Bertz CT molecular complexity index is 449. The van der Waals surface area contributed by atoms with Crippen molar-refractivity contribution in [3.05, 3.63) is 29.3 Å². The second-order valence-corrected chi connectivity index (χ2v) is 4.74. The molecular formula is C12H15F3N2OS. The summed E-state index contributed by atoms with van der Waals surface area (Å²) in [6, 6.07) is 3.07. The molecule has 0 radical (unpaired) electrons. The number of benzene rings is 1. The Morgan fingerprint density at radius 3 is 2.58 bits per heavy atom. The zero-order chi connectivity index (χ0) is 14.5. The lowest BCUT2D eigenvalue weighted by molar-refractivity contribution is -0.137. The number of carbonyl (C=O) groups excluding carboxylic acids is 1. The smallest absolute Gasteiger partial charge is 0.387 e. The normalized spacial score (nSPS) is 11.2. The highest BCUT2D eigenvalue weighted by Gasteiger charge is 2.31. The van der Waals surface area contributed by atoms with Gasteiger partial charge in [-0.15, -0.1) is 0 Å². The molecule has 1 amide bonds. The van der Waals surface area contributed by atoms with Crippen LogP contribution in [0.2, 0.25) is 0 Å². The Morgan fingerprint density at radius 1 is 1.37 bits per heavy atom. The molecule has 0 heterocycles. The molecule has 1 aromatic carbocycles. The zero-order valence-corrected chi connectivity index (χ0v) is 11.4. The Hall–Kier alpha value is -1.37. The Kier molecular flexibility index (Phi) is 5.53. The van der Waals surface area contributed by atoms with E-state index in [9.17, 15) is 18.0 Å². The van der Waals surface area contributed by atoms with Crippen LogP contribution in [0.5, 0.6) is 0 Å². The monoisotopic (exact) mass is 292 g/mol.